The molecule has 3 rings (SSSR count). The molecule has 0 spiro atoms. The maximum Gasteiger partial charge on any atom is 0.239 e. The van der Waals surface area contributed by atoms with Crippen LogP contribution in [0, 0.1) is 6.92 Å². The van der Waals surface area contributed by atoms with Gasteiger partial charge in [0.05, 0.1) is 12.2 Å². The maximum absolute atomic E-state index is 12.3. The first kappa shape index (κ1) is 18.4. The zero-order chi connectivity index (χ0) is 17.8. The summed E-state index contributed by atoms with van der Waals surface area (Å²) in [5.41, 5.74) is 0.916. The van der Waals surface area contributed by atoms with Crippen LogP contribution in [0.3, 0.4) is 0 Å². The van der Waals surface area contributed by atoms with Crippen LogP contribution in [0.5, 0.6) is 0 Å². The van der Waals surface area contributed by atoms with Gasteiger partial charge >= 0.3 is 0 Å². The minimum Gasteiger partial charge on any atom is -0.310 e. The van der Waals surface area contributed by atoms with E-state index in [0.717, 1.165) is 37.7 Å². The Morgan fingerprint density at radius 2 is 1.88 bits per heavy atom. The normalized spacial score (nSPS) is 23.7. The monoisotopic (exact) mass is 348 g/mol. The minimum atomic E-state index is 0.0449. The number of piperazine rings is 1. The van der Waals surface area contributed by atoms with Gasteiger partial charge in [-0.25, -0.2) is 0 Å². The quantitative estimate of drug-likeness (QED) is 0.852. The third kappa shape index (κ3) is 5.03. The van der Waals surface area contributed by atoms with E-state index in [1.165, 1.54) is 32.4 Å². The van der Waals surface area contributed by atoms with Crippen molar-refractivity contribution >= 4 is 11.7 Å². The highest BCUT2D eigenvalue weighted by molar-refractivity contribution is 5.91. The summed E-state index contributed by atoms with van der Waals surface area (Å²) in [6, 6.07) is 2.60. The number of hydrogen-bond acceptors (Lipinski definition) is 5. The predicted molar refractivity (Wildman–Crippen MR) is 99.7 cm³/mol. The first-order valence-electron chi connectivity index (χ1n) is 9.46. The van der Waals surface area contributed by atoms with E-state index in [1.807, 2.05) is 20.0 Å². The van der Waals surface area contributed by atoms with Gasteiger partial charge in [-0.1, -0.05) is 6.42 Å². The molecule has 25 heavy (non-hydrogen) atoms. The Morgan fingerprint density at radius 1 is 1.16 bits per heavy atom. The van der Waals surface area contributed by atoms with Crippen molar-refractivity contribution in [2.75, 3.05) is 58.2 Å². The van der Waals surface area contributed by atoms with Gasteiger partial charge in [-0.3, -0.25) is 19.3 Å². The fraction of sp³-hybridized carbons (Fsp3) is 0.778. The fourth-order valence-electron chi connectivity index (χ4n) is 3.92. The molecule has 0 radical (unpaired) electrons. The number of carbonyl (C=O) groups excluding carboxylic acids is 1. The Hall–Kier alpha value is -1.44. The first-order chi connectivity index (χ1) is 12.0. The van der Waals surface area contributed by atoms with Crippen LogP contribution >= 0.6 is 0 Å². The number of nitrogens with one attached hydrogen (secondary N) is 1. The number of aromatic nitrogens is 2. The topological polar surface area (TPSA) is 56.6 Å². The van der Waals surface area contributed by atoms with Crippen LogP contribution in [0.25, 0.3) is 0 Å². The van der Waals surface area contributed by atoms with Crippen molar-refractivity contribution in [1.82, 2.24) is 24.5 Å². The van der Waals surface area contributed by atoms with Crippen molar-refractivity contribution in [3.8, 4) is 0 Å². The molecule has 1 N–H and O–H groups in total. The third-order valence-corrected chi connectivity index (χ3v) is 5.49. The lowest BCUT2D eigenvalue weighted by Gasteiger charge is -2.40. The Kier molecular flexibility index (Phi) is 6.09. The van der Waals surface area contributed by atoms with Gasteiger partial charge in [0.25, 0.3) is 0 Å². The second-order valence-corrected chi connectivity index (χ2v) is 7.55. The van der Waals surface area contributed by atoms with Gasteiger partial charge in [-0.2, -0.15) is 5.10 Å². The first-order valence-corrected chi connectivity index (χ1v) is 9.46. The number of carbonyl (C=O) groups is 1. The lowest BCUT2D eigenvalue weighted by molar-refractivity contribution is -0.117. The average molecular weight is 348 g/mol. The number of rotatable bonds is 5. The van der Waals surface area contributed by atoms with E-state index in [0.29, 0.717) is 12.6 Å². The number of amides is 1. The molecule has 1 atom stereocenters. The van der Waals surface area contributed by atoms with Crippen LogP contribution in [0.15, 0.2) is 6.07 Å². The molecule has 1 aromatic rings. The van der Waals surface area contributed by atoms with Gasteiger partial charge in [0.15, 0.2) is 0 Å². The summed E-state index contributed by atoms with van der Waals surface area (Å²) in [5, 5.41) is 7.22. The number of likely N-dealkylation sites (tertiary alicyclic amines) is 1. The summed E-state index contributed by atoms with van der Waals surface area (Å²) < 4.78 is 1.71. The number of nitrogens with zero attached hydrogens (tertiary/aromatic N) is 5. The second kappa shape index (κ2) is 8.29. The molecular weight excluding hydrogens is 316 g/mol. The number of likely N-dealkylation sites (N-methyl/N-ethyl adjacent to an activating group) is 1. The Morgan fingerprint density at radius 3 is 2.52 bits per heavy atom. The number of hydrogen-bond donors (Lipinski definition) is 1. The molecule has 0 aromatic carbocycles. The molecule has 1 unspecified atom stereocenters. The molecule has 2 saturated heterocycles. The van der Waals surface area contributed by atoms with Gasteiger partial charge in [-0.05, 0) is 33.4 Å². The van der Waals surface area contributed by atoms with Crippen LogP contribution in [0.1, 0.15) is 25.0 Å². The smallest absolute Gasteiger partial charge is 0.239 e. The lowest BCUT2D eigenvalue weighted by atomic mass is 10.0. The number of piperidine rings is 1. The molecular formula is C18H32N6O. The Balaban J connectivity index is 1.40. The van der Waals surface area contributed by atoms with E-state index in [-0.39, 0.29) is 5.91 Å². The Labute approximate surface area is 150 Å². The highest BCUT2D eigenvalue weighted by Gasteiger charge is 2.25. The summed E-state index contributed by atoms with van der Waals surface area (Å²) >= 11 is 0. The van der Waals surface area contributed by atoms with Crippen LogP contribution in [-0.4, -0.2) is 89.3 Å². The molecule has 1 aromatic heterocycles. The second-order valence-electron chi connectivity index (χ2n) is 7.55. The zero-order valence-corrected chi connectivity index (χ0v) is 15.9. The molecule has 2 aliphatic rings. The van der Waals surface area contributed by atoms with Crippen molar-refractivity contribution in [1.29, 1.82) is 0 Å². The van der Waals surface area contributed by atoms with Gasteiger partial charge in [0.2, 0.25) is 5.91 Å². The molecule has 0 saturated carbocycles. The standard InChI is InChI=1S/C18H32N6O/c1-15-12-17(22(3)20-15)19-18(25)14-24-10-8-23(9-11-24)13-16-6-4-5-7-21(16)2/h12,16H,4-11,13-14H2,1-3H3,(H,19,25). The molecule has 2 aliphatic heterocycles. The molecule has 2 fully saturated rings. The average Bonchev–Trinajstić information content (AvgIpc) is 2.88. The summed E-state index contributed by atoms with van der Waals surface area (Å²) in [4.78, 5) is 19.6. The van der Waals surface area contributed by atoms with E-state index < -0.39 is 0 Å². The summed E-state index contributed by atoms with van der Waals surface area (Å²) in [7, 11) is 4.11. The van der Waals surface area contributed by atoms with Crippen LogP contribution in [0.2, 0.25) is 0 Å². The Bertz CT molecular complexity index is 578. The summed E-state index contributed by atoms with van der Waals surface area (Å²) in [6.45, 7) is 8.84. The predicted octanol–water partition coefficient (Wildman–Crippen LogP) is 0.769. The van der Waals surface area contributed by atoms with Crippen molar-refractivity contribution in [3.05, 3.63) is 11.8 Å². The van der Waals surface area contributed by atoms with Crippen molar-refractivity contribution < 1.29 is 4.79 Å². The van der Waals surface area contributed by atoms with E-state index in [2.05, 4.69) is 32.2 Å². The summed E-state index contributed by atoms with van der Waals surface area (Å²) in [6.07, 6.45) is 4.03. The van der Waals surface area contributed by atoms with Crippen molar-refractivity contribution in [2.24, 2.45) is 7.05 Å². The minimum absolute atomic E-state index is 0.0449. The fourth-order valence-corrected chi connectivity index (χ4v) is 3.92. The van der Waals surface area contributed by atoms with Crippen molar-refractivity contribution in [2.45, 2.75) is 32.2 Å². The molecule has 3 heterocycles. The van der Waals surface area contributed by atoms with Crippen LogP contribution in [-0.2, 0) is 11.8 Å². The molecule has 140 valence electrons. The van der Waals surface area contributed by atoms with Crippen molar-refractivity contribution in [3.63, 3.8) is 0 Å². The van der Waals surface area contributed by atoms with E-state index in [1.54, 1.807) is 4.68 Å². The van der Waals surface area contributed by atoms with Crippen LogP contribution < -0.4 is 5.32 Å². The third-order valence-electron chi connectivity index (χ3n) is 5.49. The van der Waals surface area contributed by atoms with E-state index >= 15 is 0 Å². The van der Waals surface area contributed by atoms with Crippen LogP contribution in [0.4, 0.5) is 5.82 Å². The lowest BCUT2D eigenvalue weighted by Crippen LogP contribution is -2.52. The van der Waals surface area contributed by atoms with E-state index in [4.69, 9.17) is 0 Å². The van der Waals surface area contributed by atoms with Gasteiger partial charge < -0.3 is 10.2 Å². The molecule has 0 aliphatic carbocycles. The SMILES string of the molecule is Cc1cc(NC(=O)CN2CCN(CC3CCCCN3C)CC2)n(C)n1. The highest BCUT2D eigenvalue weighted by Crippen LogP contribution is 2.17. The molecule has 7 heteroatoms. The van der Waals surface area contributed by atoms with Gasteiger partial charge in [0, 0.05) is 51.9 Å². The maximum atomic E-state index is 12.3. The highest BCUT2D eigenvalue weighted by atomic mass is 16.2. The van der Waals surface area contributed by atoms with Gasteiger partial charge in [0.1, 0.15) is 5.82 Å². The number of anilines is 1. The van der Waals surface area contributed by atoms with E-state index in [9.17, 15) is 4.79 Å². The zero-order valence-electron chi connectivity index (χ0n) is 15.9. The number of aryl methyl sites for hydroxylation is 2. The molecule has 7 nitrogen and oxygen atoms in total. The van der Waals surface area contributed by atoms with Gasteiger partial charge in [-0.15, -0.1) is 0 Å². The molecule has 0 bridgehead atoms. The summed E-state index contributed by atoms with van der Waals surface area (Å²) in [5.74, 6) is 0.810. The largest absolute Gasteiger partial charge is 0.310 e. The molecule has 1 amide bonds.